The van der Waals surface area contributed by atoms with E-state index in [0.717, 1.165) is 0 Å². The van der Waals surface area contributed by atoms with Crippen molar-refractivity contribution in [1.29, 1.82) is 0 Å². The first-order chi connectivity index (χ1) is 10.5. The van der Waals surface area contributed by atoms with Crippen LogP contribution in [0.25, 0.3) is 0 Å². The third-order valence-corrected chi connectivity index (χ3v) is 3.63. The Labute approximate surface area is 126 Å². The van der Waals surface area contributed by atoms with Crippen LogP contribution < -0.4 is 9.47 Å². The Balaban J connectivity index is 2.26. The van der Waals surface area contributed by atoms with Crippen molar-refractivity contribution in [3.05, 3.63) is 46.4 Å². The van der Waals surface area contributed by atoms with E-state index in [9.17, 15) is 14.7 Å². The quantitative estimate of drug-likeness (QED) is 0.797. The van der Waals surface area contributed by atoms with Gasteiger partial charge in [-0.2, -0.15) is 0 Å². The molecule has 22 heavy (non-hydrogen) atoms. The Morgan fingerprint density at radius 3 is 2.41 bits per heavy atom. The summed E-state index contributed by atoms with van der Waals surface area (Å²) in [5.41, 5.74) is 0.471. The minimum Gasteiger partial charge on any atom is -0.493 e. The highest BCUT2D eigenvalue weighted by atomic mass is 16.5. The van der Waals surface area contributed by atoms with Crippen LogP contribution in [0.1, 0.15) is 50.8 Å². The van der Waals surface area contributed by atoms with Crippen LogP contribution in [0.5, 0.6) is 11.5 Å². The van der Waals surface area contributed by atoms with Gasteiger partial charge in [0, 0.05) is 5.56 Å². The molecular formula is C16H14O6. The second-order valence-electron chi connectivity index (χ2n) is 4.95. The summed E-state index contributed by atoms with van der Waals surface area (Å²) in [7, 11) is 2.86. The second kappa shape index (κ2) is 4.99. The van der Waals surface area contributed by atoms with E-state index >= 15 is 0 Å². The van der Waals surface area contributed by atoms with Crippen molar-refractivity contribution in [2.24, 2.45) is 0 Å². The Morgan fingerprint density at radius 1 is 1.09 bits per heavy atom. The SMILES string of the molecule is COc1ccc2c(c1OC)C(=O)c1cc(C(C)O)oc1C2=O. The van der Waals surface area contributed by atoms with Gasteiger partial charge in [-0.15, -0.1) is 0 Å². The van der Waals surface area contributed by atoms with E-state index < -0.39 is 17.7 Å². The van der Waals surface area contributed by atoms with E-state index in [0.29, 0.717) is 5.75 Å². The molecule has 1 atom stereocenters. The molecule has 0 amide bonds. The fourth-order valence-electron chi connectivity index (χ4n) is 2.55. The van der Waals surface area contributed by atoms with Crippen molar-refractivity contribution < 1.29 is 28.6 Å². The monoisotopic (exact) mass is 302 g/mol. The van der Waals surface area contributed by atoms with Gasteiger partial charge in [-0.25, -0.2) is 0 Å². The summed E-state index contributed by atoms with van der Waals surface area (Å²) in [5, 5.41) is 9.58. The summed E-state index contributed by atoms with van der Waals surface area (Å²) in [6.45, 7) is 1.50. The molecule has 1 aliphatic rings. The number of fused-ring (bicyclic) bond motifs is 2. The largest absolute Gasteiger partial charge is 0.493 e. The van der Waals surface area contributed by atoms with Gasteiger partial charge in [0.25, 0.3) is 0 Å². The fraction of sp³-hybridized carbons (Fsp3) is 0.250. The predicted molar refractivity (Wildman–Crippen MR) is 75.8 cm³/mol. The van der Waals surface area contributed by atoms with Gasteiger partial charge in [-0.1, -0.05) is 0 Å². The molecule has 1 N–H and O–H groups in total. The van der Waals surface area contributed by atoms with Crippen molar-refractivity contribution in [2.45, 2.75) is 13.0 Å². The van der Waals surface area contributed by atoms with Crippen LogP contribution in [-0.2, 0) is 0 Å². The topological polar surface area (TPSA) is 86.0 Å². The minimum atomic E-state index is -0.911. The zero-order valence-corrected chi connectivity index (χ0v) is 12.3. The Morgan fingerprint density at radius 2 is 1.82 bits per heavy atom. The number of benzene rings is 1. The lowest BCUT2D eigenvalue weighted by molar-refractivity contribution is 0.0951. The average Bonchev–Trinajstić information content (AvgIpc) is 2.97. The van der Waals surface area contributed by atoms with Crippen molar-refractivity contribution in [2.75, 3.05) is 14.2 Å². The highest BCUT2D eigenvalue weighted by Crippen LogP contribution is 2.40. The van der Waals surface area contributed by atoms with Gasteiger partial charge in [0.15, 0.2) is 17.3 Å². The first-order valence-corrected chi connectivity index (χ1v) is 6.65. The molecule has 0 saturated carbocycles. The Hall–Kier alpha value is -2.60. The predicted octanol–water partition coefficient (Wildman–Crippen LogP) is 2.13. The standard InChI is InChI=1S/C16H14O6/c1-7(17)11-6-9-13(18)12-8(14(19)15(9)22-11)4-5-10(20-2)16(12)21-3/h4-7,17H,1-3H3. The van der Waals surface area contributed by atoms with Gasteiger partial charge in [-0.05, 0) is 25.1 Å². The number of furan rings is 1. The van der Waals surface area contributed by atoms with E-state index in [1.165, 1.54) is 33.3 Å². The number of carbonyl (C=O) groups is 2. The lowest BCUT2D eigenvalue weighted by atomic mass is 9.87. The molecule has 1 aromatic carbocycles. The lowest BCUT2D eigenvalue weighted by Gasteiger charge is -2.18. The summed E-state index contributed by atoms with van der Waals surface area (Å²) in [6, 6.07) is 4.46. The zero-order chi connectivity index (χ0) is 16.0. The molecule has 1 unspecified atom stereocenters. The molecule has 114 valence electrons. The van der Waals surface area contributed by atoms with Crippen molar-refractivity contribution in [1.82, 2.24) is 0 Å². The number of rotatable bonds is 3. The van der Waals surface area contributed by atoms with Crippen LogP contribution in [0.3, 0.4) is 0 Å². The molecule has 0 spiro atoms. The average molecular weight is 302 g/mol. The van der Waals surface area contributed by atoms with Crippen molar-refractivity contribution >= 4 is 11.6 Å². The van der Waals surface area contributed by atoms with Crippen LogP contribution in [0.15, 0.2) is 22.6 Å². The van der Waals surface area contributed by atoms with Gasteiger partial charge < -0.3 is 19.0 Å². The maximum absolute atomic E-state index is 12.7. The van der Waals surface area contributed by atoms with Crippen LogP contribution in [0.2, 0.25) is 0 Å². The highest BCUT2D eigenvalue weighted by molar-refractivity contribution is 6.28. The van der Waals surface area contributed by atoms with Crippen LogP contribution >= 0.6 is 0 Å². The number of hydrogen-bond donors (Lipinski definition) is 1. The number of methoxy groups -OCH3 is 2. The molecule has 2 aromatic rings. The molecule has 1 heterocycles. The molecule has 1 aromatic heterocycles. The van der Waals surface area contributed by atoms with Crippen LogP contribution in [0.4, 0.5) is 0 Å². The number of hydrogen-bond acceptors (Lipinski definition) is 6. The number of ether oxygens (including phenoxy) is 2. The fourth-order valence-corrected chi connectivity index (χ4v) is 2.55. The Kier molecular flexibility index (Phi) is 3.26. The number of aliphatic hydroxyl groups is 1. The maximum Gasteiger partial charge on any atom is 0.229 e. The third kappa shape index (κ3) is 1.84. The minimum absolute atomic E-state index is 0.0550. The molecule has 0 radical (unpaired) electrons. The third-order valence-electron chi connectivity index (χ3n) is 3.63. The first kappa shape index (κ1) is 14.3. The summed E-state index contributed by atoms with van der Waals surface area (Å²) in [4.78, 5) is 25.2. The zero-order valence-electron chi connectivity index (χ0n) is 12.3. The number of carbonyl (C=O) groups excluding carboxylic acids is 2. The molecule has 6 nitrogen and oxygen atoms in total. The molecule has 0 aliphatic heterocycles. The normalized spacial score (nSPS) is 14.4. The lowest BCUT2D eigenvalue weighted by Crippen LogP contribution is -2.20. The summed E-state index contributed by atoms with van der Waals surface area (Å²) in [6.07, 6.45) is -0.911. The molecule has 1 aliphatic carbocycles. The van der Waals surface area contributed by atoms with Gasteiger partial charge in [0.1, 0.15) is 11.9 Å². The van der Waals surface area contributed by atoms with Gasteiger partial charge >= 0.3 is 0 Å². The van der Waals surface area contributed by atoms with Gasteiger partial charge in [0.05, 0.1) is 25.3 Å². The number of aliphatic hydroxyl groups excluding tert-OH is 1. The van der Waals surface area contributed by atoms with Gasteiger partial charge in [-0.3, -0.25) is 9.59 Å². The molecule has 0 saturated heterocycles. The summed E-state index contributed by atoms with van der Waals surface area (Å²) in [5.74, 6) is -0.117. The van der Waals surface area contributed by atoms with E-state index in [1.54, 1.807) is 6.07 Å². The van der Waals surface area contributed by atoms with E-state index in [1.807, 2.05) is 0 Å². The highest BCUT2D eigenvalue weighted by Gasteiger charge is 2.37. The van der Waals surface area contributed by atoms with E-state index in [4.69, 9.17) is 13.9 Å². The molecule has 3 rings (SSSR count). The van der Waals surface area contributed by atoms with E-state index in [-0.39, 0.29) is 34.0 Å². The Bertz CT molecular complexity index is 784. The van der Waals surface area contributed by atoms with Crippen molar-refractivity contribution in [3.8, 4) is 11.5 Å². The first-order valence-electron chi connectivity index (χ1n) is 6.65. The smallest absolute Gasteiger partial charge is 0.229 e. The van der Waals surface area contributed by atoms with Crippen molar-refractivity contribution in [3.63, 3.8) is 0 Å². The van der Waals surface area contributed by atoms with Gasteiger partial charge in [0.2, 0.25) is 11.6 Å². The molecule has 6 heteroatoms. The molecule has 0 bridgehead atoms. The van der Waals surface area contributed by atoms with Crippen LogP contribution in [-0.4, -0.2) is 30.9 Å². The molecular weight excluding hydrogens is 288 g/mol. The summed E-state index contributed by atoms with van der Waals surface area (Å²) < 4.78 is 15.8. The number of ketones is 2. The maximum atomic E-state index is 12.7. The van der Waals surface area contributed by atoms with E-state index in [2.05, 4.69) is 0 Å². The van der Waals surface area contributed by atoms with Crippen LogP contribution in [0, 0.1) is 0 Å². The molecule has 0 fully saturated rings. The summed E-state index contributed by atoms with van der Waals surface area (Å²) >= 11 is 0. The second-order valence-corrected chi connectivity index (χ2v) is 4.95.